The van der Waals surface area contributed by atoms with Crippen LogP contribution in [0.1, 0.15) is 24.2 Å². The third kappa shape index (κ3) is 2.29. The second-order valence-electron chi connectivity index (χ2n) is 3.78. The van der Waals surface area contributed by atoms with Gasteiger partial charge in [0, 0.05) is 16.3 Å². The molecule has 14 heavy (non-hydrogen) atoms. The number of rotatable bonds is 2. The molecule has 2 nitrogen and oxygen atoms in total. The van der Waals surface area contributed by atoms with Crippen LogP contribution in [-0.2, 0) is 0 Å². The summed E-state index contributed by atoms with van der Waals surface area (Å²) in [7, 11) is 5.68. The van der Waals surface area contributed by atoms with Gasteiger partial charge in [-0.2, -0.15) is 0 Å². The first kappa shape index (κ1) is 11.1. The van der Waals surface area contributed by atoms with E-state index in [2.05, 4.69) is 0 Å². The molecule has 0 saturated heterocycles. The quantitative estimate of drug-likeness (QED) is 0.460. The lowest BCUT2D eigenvalue weighted by molar-refractivity contribution is 0.0950. The average molecular weight is 207 g/mol. The minimum absolute atomic E-state index is 0.188. The molecule has 1 aromatic carbocycles. The van der Waals surface area contributed by atoms with Crippen LogP contribution in [0.3, 0.4) is 0 Å². The topological polar surface area (TPSA) is 43.1 Å². The van der Waals surface area contributed by atoms with E-state index < -0.39 is 5.31 Å². The van der Waals surface area contributed by atoms with E-state index in [9.17, 15) is 4.79 Å². The SMILES string of the molecule is [B]C(C)(C)C(=O)c1ccc(Cl)cc1N. The Morgan fingerprint density at radius 3 is 2.50 bits per heavy atom. The van der Waals surface area contributed by atoms with Crippen molar-refractivity contribution in [2.45, 2.75) is 19.2 Å². The van der Waals surface area contributed by atoms with E-state index in [1.54, 1.807) is 32.0 Å². The lowest BCUT2D eigenvalue weighted by Crippen LogP contribution is -2.18. The van der Waals surface area contributed by atoms with Crippen molar-refractivity contribution in [3.63, 3.8) is 0 Å². The molecule has 4 heteroatoms. The van der Waals surface area contributed by atoms with E-state index in [-0.39, 0.29) is 5.78 Å². The van der Waals surface area contributed by atoms with E-state index in [4.69, 9.17) is 25.2 Å². The Morgan fingerprint density at radius 2 is 2.07 bits per heavy atom. The van der Waals surface area contributed by atoms with Crippen LogP contribution in [-0.4, -0.2) is 13.6 Å². The van der Waals surface area contributed by atoms with Gasteiger partial charge in [0.05, 0.1) is 7.85 Å². The summed E-state index contributed by atoms with van der Waals surface area (Å²) in [4.78, 5) is 11.8. The number of Topliss-reactive ketones (excluding diaryl/α,β-unsaturated/α-hetero) is 1. The fourth-order valence-electron chi connectivity index (χ4n) is 1.09. The van der Waals surface area contributed by atoms with Crippen LogP contribution in [0, 0.1) is 0 Å². The zero-order valence-electron chi connectivity index (χ0n) is 8.17. The maximum Gasteiger partial charge on any atom is 0.161 e. The van der Waals surface area contributed by atoms with Crippen molar-refractivity contribution in [2.75, 3.05) is 5.73 Å². The maximum absolute atomic E-state index is 11.8. The van der Waals surface area contributed by atoms with Crippen molar-refractivity contribution in [2.24, 2.45) is 0 Å². The Bertz CT molecular complexity index is 371. The third-order valence-electron chi connectivity index (χ3n) is 1.84. The summed E-state index contributed by atoms with van der Waals surface area (Å²) in [6.07, 6.45) is 0. The number of hydrogen-bond donors (Lipinski definition) is 1. The van der Waals surface area contributed by atoms with Crippen LogP contribution in [0.5, 0.6) is 0 Å². The second kappa shape index (κ2) is 3.66. The van der Waals surface area contributed by atoms with Crippen LogP contribution in [0.15, 0.2) is 18.2 Å². The van der Waals surface area contributed by atoms with Gasteiger partial charge in [-0.25, -0.2) is 0 Å². The number of carbonyl (C=O) groups is 1. The van der Waals surface area contributed by atoms with E-state index in [1.165, 1.54) is 0 Å². The maximum atomic E-state index is 11.8. The van der Waals surface area contributed by atoms with Crippen molar-refractivity contribution in [1.29, 1.82) is 0 Å². The van der Waals surface area contributed by atoms with E-state index in [0.29, 0.717) is 16.3 Å². The minimum Gasteiger partial charge on any atom is -0.398 e. The monoisotopic (exact) mass is 207 g/mol. The van der Waals surface area contributed by atoms with Gasteiger partial charge in [0.25, 0.3) is 0 Å². The van der Waals surface area contributed by atoms with Gasteiger partial charge in [-0.3, -0.25) is 4.79 Å². The number of benzene rings is 1. The largest absolute Gasteiger partial charge is 0.398 e. The van der Waals surface area contributed by atoms with Crippen molar-refractivity contribution in [1.82, 2.24) is 0 Å². The molecule has 0 aliphatic carbocycles. The number of carbonyl (C=O) groups excluding carboxylic acids is 1. The Hall–Kier alpha value is -0.955. The van der Waals surface area contributed by atoms with Crippen molar-refractivity contribution < 1.29 is 4.79 Å². The normalized spacial score (nSPS) is 11.4. The molecule has 0 aliphatic rings. The number of halogens is 1. The van der Waals surface area contributed by atoms with Gasteiger partial charge in [0.2, 0.25) is 0 Å². The van der Waals surface area contributed by atoms with Gasteiger partial charge in [-0.15, -0.1) is 0 Å². The highest BCUT2D eigenvalue weighted by atomic mass is 35.5. The molecule has 0 atom stereocenters. The van der Waals surface area contributed by atoms with Crippen molar-refractivity contribution in [3.8, 4) is 0 Å². The molecular formula is C10H11BClNO. The van der Waals surface area contributed by atoms with Crippen molar-refractivity contribution >= 4 is 30.9 Å². The van der Waals surface area contributed by atoms with Crippen LogP contribution in [0.4, 0.5) is 5.69 Å². The Labute approximate surface area is 89.8 Å². The molecule has 72 valence electrons. The smallest absolute Gasteiger partial charge is 0.161 e. The van der Waals surface area contributed by atoms with Gasteiger partial charge in [0.15, 0.2) is 5.78 Å². The zero-order valence-corrected chi connectivity index (χ0v) is 8.93. The van der Waals surface area contributed by atoms with Gasteiger partial charge < -0.3 is 5.73 Å². The molecule has 0 aliphatic heterocycles. The summed E-state index contributed by atoms with van der Waals surface area (Å²) in [5.41, 5.74) is 6.44. The van der Waals surface area contributed by atoms with Crippen LogP contribution >= 0.6 is 11.6 Å². The minimum atomic E-state index is -0.915. The highest BCUT2D eigenvalue weighted by molar-refractivity contribution is 6.33. The van der Waals surface area contributed by atoms with Gasteiger partial charge in [0.1, 0.15) is 0 Å². The summed E-state index contributed by atoms with van der Waals surface area (Å²) < 4.78 is 0. The summed E-state index contributed by atoms with van der Waals surface area (Å²) in [5, 5.41) is -0.407. The molecule has 0 saturated carbocycles. The average Bonchev–Trinajstić information content (AvgIpc) is 2.01. The lowest BCUT2D eigenvalue weighted by atomic mass is 9.67. The van der Waals surface area contributed by atoms with E-state index in [0.717, 1.165) is 0 Å². The predicted molar refractivity (Wildman–Crippen MR) is 60.0 cm³/mol. The standard InChI is InChI=1S/C10H11BClNO/c1-10(2,11)9(14)7-4-3-6(12)5-8(7)13/h3-5H,13H2,1-2H3. The Balaban J connectivity index is 3.15. The molecule has 0 amide bonds. The summed E-state index contributed by atoms with van der Waals surface area (Å²) in [5.74, 6) is -0.188. The number of hydrogen-bond acceptors (Lipinski definition) is 2. The van der Waals surface area contributed by atoms with Crippen LogP contribution in [0.2, 0.25) is 10.3 Å². The highest BCUT2D eigenvalue weighted by Gasteiger charge is 2.23. The van der Waals surface area contributed by atoms with Gasteiger partial charge in [-0.05, 0) is 23.5 Å². The first-order valence-corrected chi connectivity index (χ1v) is 4.59. The molecule has 0 unspecified atom stereocenters. The Morgan fingerprint density at radius 1 is 1.50 bits per heavy atom. The molecule has 1 rings (SSSR count). The highest BCUT2D eigenvalue weighted by Crippen LogP contribution is 2.28. The number of nitrogen functional groups attached to an aromatic ring is 1. The number of anilines is 1. The fourth-order valence-corrected chi connectivity index (χ4v) is 1.27. The Kier molecular flexibility index (Phi) is 2.91. The van der Waals surface area contributed by atoms with Gasteiger partial charge >= 0.3 is 0 Å². The first-order chi connectivity index (χ1) is 6.32. The summed E-state index contributed by atoms with van der Waals surface area (Å²) in [6.45, 7) is 3.28. The van der Waals surface area contributed by atoms with Crippen LogP contribution in [0.25, 0.3) is 0 Å². The predicted octanol–water partition coefficient (Wildman–Crippen LogP) is 2.47. The molecule has 0 aromatic heterocycles. The molecule has 0 spiro atoms. The van der Waals surface area contributed by atoms with Crippen LogP contribution < -0.4 is 5.73 Å². The summed E-state index contributed by atoms with van der Waals surface area (Å²) in [6, 6.07) is 4.76. The van der Waals surface area contributed by atoms with Crippen molar-refractivity contribution in [3.05, 3.63) is 28.8 Å². The molecule has 1 aromatic rings. The number of nitrogens with two attached hydrogens (primary N) is 1. The number of ketones is 1. The zero-order chi connectivity index (χ0) is 10.9. The van der Waals surface area contributed by atoms with E-state index in [1.807, 2.05) is 0 Å². The lowest BCUT2D eigenvalue weighted by Gasteiger charge is -2.18. The molecule has 2 radical (unpaired) electrons. The molecule has 0 bridgehead atoms. The molecule has 0 fully saturated rings. The molecule has 2 N–H and O–H groups in total. The molecular weight excluding hydrogens is 196 g/mol. The molecule has 0 heterocycles. The second-order valence-corrected chi connectivity index (χ2v) is 4.22. The fraction of sp³-hybridized carbons (Fsp3) is 0.300. The van der Waals surface area contributed by atoms with Gasteiger partial charge in [-0.1, -0.05) is 25.4 Å². The van der Waals surface area contributed by atoms with E-state index >= 15 is 0 Å². The third-order valence-corrected chi connectivity index (χ3v) is 2.08. The first-order valence-electron chi connectivity index (χ1n) is 4.21. The summed E-state index contributed by atoms with van der Waals surface area (Å²) >= 11 is 5.71.